The third-order valence-electron chi connectivity index (χ3n) is 1.10. The molecule has 1 aliphatic heterocycles. The Morgan fingerprint density at radius 1 is 1.73 bits per heavy atom. The van der Waals surface area contributed by atoms with E-state index in [0.29, 0.717) is 0 Å². The van der Waals surface area contributed by atoms with Crippen molar-refractivity contribution in [3.63, 3.8) is 0 Å². The second-order valence-electron chi connectivity index (χ2n) is 1.89. The second-order valence-corrected chi connectivity index (χ2v) is 3.26. The van der Waals surface area contributed by atoms with E-state index in [1.807, 2.05) is 0 Å². The lowest BCUT2D eigenvalue weighted by Gasteiger charge is -2.13. The van der Waals surface area contributed by atoms with Crippen LogP contribution in [0.15, 0.2) is 15.9 Å². The first kappa shape index (κ1) is 7.86. The van der Waals surface area contributed by atoms with Crippen LogP contribution in [-0.4, -0.2) is 21.7 Å². The molecule has 62 valence electrons. The molecule has 11 heavy (non-hydrogen) atoms. The molecule has 0 aliphatic carbocycles. The summed E-state index contributed by atoms with van der Waals surface area (Å²) in [5.74, 6) is 0.250. The molecule has 0 saturated carbocycles. The maximum absolute atomic E-state index is 10.7. The molecule has 0 atom stereocenters. The lowest BCUT2D eigenvalue weighted by atomic mass is 10.5. The zero-order chi connectivity index (χ0) is 8.48. The number of allylic oxidation sites excluding steroid dienone is 1. The van der Waals surface area contributed by atoms with Crippen LogP contribution in [0.3, 0.4) is 0 Å². The van der Waals surface area contributed by atoms with Gasteiger partial charge in [0.2, 0.25) is 0 Å². The first-order valence-corrected chi connectivity index (χ1v) is 4.25. The Labute approximate surface area is 64.4 Å². The predicted octanol–water partition coefficient (Wildman–Crippen LogP) is -1.75. The average Bonchev–Trinajstić information content (AvgIpc) is 1.94. The van der Waals surface area contributed by atoms with Crippen molar-refractivity contribution in [2.24, 2.45) is 10.1 Å². The number of nitrogens with one attached hydrogen (secondary N) is 2. The Morgan fingerprint density at radius 3 is 2.82 bits per heavy atom. The molecule has 0 bridgehead atoms. The van der Waals surface area contributed by atoms with Gasteiger partial charge in [-0.05, 0) is 0 Å². The van der Waals surface area contributed by atoms with Crippen LogP contribution in [0, 0.1) is 0 Å². The van der Waals surface area contributed by atoms with Crippen molar-refractivity contribution in [3.8, 4) is 0 Å². The van der Waals surface area contributed by atoms with Gasteiger partial charge in [-0.2, -0.15) is 12.8 Å². The number of rotatable bonds is 1. The van der Waals surface area contributed by atoms with Gasteiger partial charge in [0.25, 0.3) is 0 Å². The molecule has 6 nitrogen and oxygen atoms in total. The van der Waals surface area contributed by atoms with E-state index in [2.05, 4.69) is 14.4 Å². The standard InChI is InChI=1S/C4H8N4O2S/c1-6-4-3(5)2-7-11(9,10)8-4/h2,6,8H,5H2,1H3. The fourth-order valence-corrected chi connectivity index (χ4v) is 1.38. The van der Waals surface area contributed by atoms with Crippen LogP contribution in [-0.2, 0) is 10.2 Å². The smallest absolute Gasteiger partial charge is 0.343 e. The topological polar surface area (TPSA) is 96.6 Å². The third-order valence-corrected chi connectivity index (χ3v) is 1.95. The molecule has 1 aliphatic rings. The molecule has 0 aromatic carbocycles. The zero-order valence-electron chi connectivity index (χ0n) is 5.83. The van der Waals surface area contributed by atoms with Crippen LogP contribution >= 0.6 is 0 Å². The van der Waals surface area contributed by atoms with Crippen molar-refractivity contribution in [2.75, 3.05) is 7.05 Å². The molecule has 0 amide bonds. The number of nitrogens with zero attached hydrogens (tertiary/aromatic N) is 1. The molecule has 7 heteroatoms. The molecule has 0 aromatic heterocycles. The van der Waals surface area contributed by atoms with Crippen LogP contribution in [0.1, 0.15) is 0 Å². The summed E-state index contributed by atoms with van der Waals surface area (Å²) in [7, 11) is -2.00. The van der Waals surface area contributed by atoms with Crippen molar-refractivity contribution in [1.29, 1.82) is 0 Å². The van der Waals surface area contributed by atoms with Crippen molar-refractivity contribution in [2.45, 2.75) is 0 Å². The Kier molecular flexibility index (Phi) is 1.73. The zero-order valence-corrected chi connectivity index (χ0v) is 6.64. The van der Waals surface area contributed by atoms with Crippen LogP contribution in [0.2, 0.25) is 0 Å². The third kappa shape index (κ3) is 1.61. The fourth-order valence-electron chi connectivity index (χ4n) is 0.600. The van der Waals surface area contributed by atoms with Gasteiger partial charge in [0.15, 0.2) is 0 Å². The first-order valence-electron chi connectivity index (χ1n) is 2.81. The molecule has 0 radical (unpaired) electrons. The minimum atomic E-state index is -3.56. The molecular formula is C4H8N4O2S. The van der Waals surface area contributed by atoms with Crippen molar-refractivity contribution in [3.05, 3.63) is 11.5 Å². The first-order chi connectivity index (χ1) is 5.05. The van der Waals surface area contributed by atoms with E-state index in [4.69, 9.17) is 5.73 Å². The highest BCUT2D eigenvalue weighted by Gasteiger charge is 2.14. The van der Waals surface area contributed by atoms with Crippen molar-refractivity contribution in [1.82, 2.24) is 10.0 Å². The maximum atomic E-state index is 10.7. The summed E-state index contributed by atoms with van der Waals surface area (Å²) in [6.07, 6.45) is 1.08. The highest BCUT2D eigenvalue weighted by Crippen LogP contribution is 1.99. The molecule has 1 heterocycles. The van der Waals surface area contributed by atoms with Crippen LogP contribution < -0.4 is 15.8 Å². The summed E-state index contributed by atoms with van der Waals surface area (Å²) in [6.45, 7) is 0. The second kappa shape index (κ2) is 2.42. The predicted molar refractivity (Wildman–Crippen MR) is 40.8 cm³/mol. The summed E-state index contributed by atoms with van der Waals surface area (Å²) in [6, 6.07) is 0. The number of nitrogens with two attached hydrogens (primary N) is 1. The SMILES string of the molecule is CNC1=C(N)C=NS(=O)(=O)N1. The lowest BCUT2D eigenvalue weighted by molar-refractivity contribution is 0.587. The van der Waals surface area contributed by atoms with Gasteiger partial charge < -0.3 is 11.1 Å². The normalized spacial score (nSPS) is 21.2. The van der Waals surface area contributed by atoms with E-state index in [9.17, 15) is 8.42 Å². The summed E-state index contributed by atoms with van der Waals surface area (Å²) < 4.78 is 26.7. The van der Waals surface area contributed by atoms with E-state index in [-0.39, 0.29) is 11.5 Å². The Bertz CT molecular complexity index is 315. The molecule has 0 saturated heterocycles. The van der Waals surface area contributed by atoms with Gasteiger partial charge in [0, 0.05) is 7.05 Å². The van der Waals surface area contributed by atoms with Gasteiger partial charge in [0.05, 0.1) is 11.9 Å². The van der Waals surface area contributed by atoms with Crippen LogP contribution in [0.25, 0.3) is 0 Å². The minimum Gasteiger partial charge on any atom is -0.395 e. The largest absolute Gasteiger partial charge is 0.395 e. The van der Waals surface area contributed by atoms with Gasteiger partial charge in [-0.25, -0.2) is 4.72 Å². The lowest BCUT2D eigenvalue weighted by Crippen LogP contribution is -2.35. The van der Waals surface area contributed by atoms with E-state index >= 15 is 0 Å². The molecule has 0 aromatic rings. The summed E-state index contributed by atoms with van der Waals surface area (Å²) in [5, 5.41) is 2.58. The fraction of sp³-hybridized carbons (Fsp3) is 0.250. The summed E-state index contributed by atoms with van der Waals surface area (Å²) in [4.78, 5) is 0. The highest BCUT2D eigenvalue weighted by molar-refractivity contribution is 7.88. The number of hydrogen-bond acceptors (Lipinski definition) is 4. The van der Waals surface area contributed by atoms with Gasteiger partial charge in [-0.1, -0.05) is 0 Å². The average molecular weight is 176 g/mol. The van der Waals surface area contributed by atoms with Crippen LogP contribution in [0.4, 0.5) is 0 Å². The molecule has 4 N–H and O–H groups in total. The van der Waals surface area contributed by atoms with Crippen molar-refractivity contribution >= 4 is 16.4 Å². The van der Waals surface area contributed by atoms with E-state index < -0.39 is 10.2 Å². The minimum absolute atomic E-state index is 0.250. The molecule has 1 rings (SSSR count). The van der Waals surface area contributed by atoms with Crippen molar-refractivity contribution < 1.29 is 8.42 Å². The Morgan fingerprint density at radius 2 is 2.36 bits per heavy atom. The molecule has 0 fully saturated rings. The monoisotopic (exact) mass is 176 g/mol. The van der Waals surface area contributed by atoms with E-state index in [1.54, 1.807) is 7.05 Å². The van der Waals surface area contributed by atoms with Gasteiger partial charge in [0.1, 0.15) is 5.82 Å². The summed E-state index contributed by atoms with van der Waals surface area (Å²) in [5.41, 5.74) is 5.62. The maximum Gasteiger partial charge on any atom is 0.343 e. The Hall–Kier alpha value is -1.24. The summed E-state index contributed by atoms with van der Waals surface area (Å²) >= 11 is 0. The van der Waals surface area contributed by atoms with E-state index in [0.717, 1.165) is 6.21 Å². The molecule has 0 spiro atoms. The number of hydrogen-bond donors (Lipinski definition) is 3. The van der Waals surface area contributed by atoms with Gasteiger partial charge >= 0.3 is 10.2 Å². The quantitative estimate of drug-likeness (QED) is 0.441. The molecule has 0 unspecified atom stereocenters. The van der Waals surface area contributed by atoms with Crippen LogP contribution in [0.5, 0.6) is 0 Å². The Balaban J connectivity index is 3.02. The van der Waals surface area contributed by atoms with Gasteiger partial charge in [-0.15, -0.1) is 0 Å². The highest BCUT2D eigenvalue weighted by atomic mass is 32.2. The van der Waals surface area contributed by atoms with Gasteiger partial charge in [-0.3, -0.25) is 0 Å². The van der Waals surface area contributed by atoms with E-state index in [1.165, 1.54) is 0 Å². The molecular weight excluding hydrogens is 168 g/mol.